The Balaban J connectivity index is 1.41. The number of aryl methyl sites for hydroxylation is 1. The van der Waals surface area contributed by atoms with Crippen molar-refractivity contribution >= 4 is 24.4 Å². The van der Waals surface area contributed by atoms with Crippen LogP contribution >= 0.6 is 12.8 Å². The second kappa shape index (κ2) is 8.50. The van der Waals surface area contributed by atoms with Crippen molar-refractivity contribution in [3.63, 3.8) is 0 Å². The maximum atomic E-state index is 12.5. The van der Waals surface area contributed by atoms with E-state index >= 15 is 0 Å². The van der Waals surface area contributed by atoms with E-state index in [0.717, 1.165) is 18.4 Å². The number of nitrogens with zero attached hydrogens (tertiary/aromatic N) is 5. The minimum atomic E-state index is -4.28. The van der Waals surface area contributed by atoms with Gasteiger partial charge in [0.1, 0.15) is 0 Å². The van der Waals surface area contributed by atoms with E-state index in [4.69, 9.17) is 0 Å². The fraction of sp³-hybridized carbons (Fsp3) is 0.474. The van der Waals surface area contributed by atoms with Crippen molar-refractivity contribution in [1.82, 2.24) is 34.4 Å². The van der Waals surface area contributed by atoms with Gasteiger partial charge in [0, 0.05) is 18.3 Å². The Morgan fingerprint density at radius 1 is 1.32 bits per heavy atom. The highest BCUT2D eigenvalue weighted by Gasteiger charge is 2.32. The maximum absolute atomic E-state index is 12.5. The first-order valence-corrected chi connectivity index (χ1v) is 10.3. The Morgan fingerprint density at radius 2 is 2.10 bits per heavy atom. The molecule has 166 valence electrons. The number of carbonyl (C=O) groups is 1. The lowest BCUT2D eigenvalue weighted by Crippen LogP contribution is -2.23. The van der Waals surface area contributed by atoms with Gasteiger partial charge in [-0.25, -0.2) is 9.50 Å². The molecular formula is C19H22F3N7OS. The largest absolute Gasteiger partial charge is 0.390 e. The van der Waals surface area contributed by atoms with E-state index in [1.165, 1.54) is 10.9 Å². The summed E-state index contributed by atoms with van der Waals surface area (Å²) in [4.78, 5) is 17.0. The highest BCUT2D eigenvalue weighted by Crippen LogP contribution is 2.41. The average Bonchev–Trinajstić information content (AvgIpc) is 3.35. The summed E-state index contributed by atoms with van der Waals surface area (Å²) in [6.45, 7) is 1.40. The maximum Gasteiger partial charge on any atom is 0.390 e. The topological polar surface area (TPSA) is 89.1 Å². The molecule has 1 aliphatic carbocycles. The van der Waals surface area contributed by atoms with E-state index in [9.17, 15) is 18.0 Å². The summed E-state index contributed by atoms with van der Waals surface area (Å²) in [5, 5.41) is 11.0. The van der Waals surface area contributed by atoms with Crippen LogP contribution in [0.2, 0.25) is 0 Å². The van der Waals surface area contributed by atoms with Crippen molar-refractivity contribution in [1.29, 1.82) is 0 Å². The average molecular weight is 453 g/mol. The molecule has 0 bridgehead atoms. The molecule has 1 unspecified atom stereocenters. The van der Waals surface area contributed by atoms with Crippen LogP contribution in [0.25, 0.3) is 5.65 Å². The monoisotopic (exact) mass is 453 g/mol. The number of fused-ring (bicyclic) bond motifs is 1. The lowest BCUT2D eigenvalue weighted by molar-refractivity contribution is -0.137. The molecular weight excluding hydrogens is 431 g/mol. The number of halogens is 3. The molecule has 1 fully saturated rings. The zero-order valence-corrected chi connectivity index (χ0v) is 17.6. The summed E-state index contributed by atoms with van der Waals surface area (Å²) in [6.07, 6.45) is 1.81. The van der Waals surface area contributed by atoms with Crippen molar-refractivity contribution in [2.24, 2.45) is 5.92 Å². The summed E-state index contributed by atoms with van der Waals surface area (Å²) in [5.74, 6) is 0.130. The molecule has 3 aromatic rings. The van der Waals surface area contributed by atoms with Gasteiger partial charge in [-0.2, -0.15) is 23.4 Å². The van der Waals surface area contributed by atoms with Crippen molar-refractivity contribution in [2.75, 3.05) is 0 Å². The van der Waals surface area contributed by atoms with Crippen LogP contribution in [0.5, 0.6) is 0 Å². The number of hydrogen-bond donors (Lipinski definition) is 3. The molecule has 4 rings (SSSR count). The number of alkyl halides is 3. The van der Waals surface area contributed by atoms with Crippen molar-refractivity contribution in [3.8, 4) is 0 Å². The number of rotatable bonds is 8. The molecule has 8 nitrogen and oxygen atoms in total. The van der Waals surface area contributed by atoms with Crippen molar-refractivity contribution < 1.29 is 18.0 Å². The van der Waals surface area contributed by atoms with Gasteiger partial charge in [0.25, 0.3) is 5.91 Å². The first-order chi connectivity index (χ1) is 14.7. The first kappa shape index (κ1) is 21.6. The minimum Gasteiger partial charge on any atom is -0.346 e. The zero-order chi connectivity index (χ0) is 22.2. The molecule has 1 atom stereocenters. The molecule has 0 spiro atoms. The van der Waals surface area contributed by atoms with Crippen LogP contribution in [0.15, 0.2) is 24.7 Å². The molecule has 0 aromatic carbocycles. The predicted octanol–water partition coefficient (Wildman–Crippen LogP) is 3.00. The third-order valence-electron chi connectivity index (χ3n) is 5.37. The van der Waals surface area contributed by atoms with Gasteiger partial charge in [-0.15, -0.1) is 0 Å². The van der Waals surface area contributed by atoms with Gasteiger partial charge in [0.2, 0.25) is 0 Å². The van der Waals surface area contributed by atoms with Crippen LogP contribution in [0.3, 0.4) is 0 Å². The van der Waals surface area contributed by atoms with Gasteiger partial charge in [-0.3, -0.25) is 14.2 Å². The Kier molecular flexibility index (Phi) is 5.93. The normalized spacial score (nSPS) is 15.4. The molecule has 0 radical (unpaired) electrons. The fourth-order valence-corrected chi connectivity index (χ4v) is 3.83. The number of hydrogen-bond acceptors (Lipinski definition) is 6. The smallest absolute Gasteiger partial charge is 0.346 e. The molecule has 2 N–H and O–H groups in total. The summed E-state index contributed by atoms with van der Waals surface area (Å²) >= 11 is 4.22. The predicted molar refractivity (Wildman–Crippen MR) is 109 cm³/mol. The number of amides is 1. The summed E-state index contributed by atoms with van der Waals surface area (Å²) < 4.78 is 43.1. The number of thiol groups is 1. The van der Waals surface area contributed by atoms with Crippen LogP contribution in [-0.2, 0) is 13.1 Å². The summed E-state index contributed by atoms with van der Waals surface area (Å²) in [6, 6.07) is 2.07. The van der Waals surface area contributed by atoms with Crippen LogP contribution in [0.4, 0.5) is 13.2 Å². The molecule has 1 aliphatic rings. The van der Waals surface area contributed by atoms with Crippen LogP contribution in [0, 0.1) is 12.8 Å². The molecule has 3 aromatic heterocycles. The van der Waals surface area contributed by atoms with Gasteiger partial charge in [-0.05, 0) is 37.3 Å². The van der Waals surface area contributed by atoms with Gasteiger partial charge in [0.05, 0.1) is 42.8 Å². The Labute approximate surface area is 181 Å². The first-order valence-electron chi connectivity index (χ1n) is 9.86. The lowest BCUT2D eigenvalue weighted by atomic mass is 10.1. The van der Waals surface area contributed by atoms with E-state index in [0.29, 0.717) is 23.0 Å². The molecule has 0 saturated heterocycles. The van der Waals surface area contributed by atoms with Crippen molar-refractivity contribution in [3.05, 3.63) is 47.2 Å². The van der Waals surface area contributed by atoms with Crippen molar-refractivity contribution in [2.45, 2.75) is 51.5 Å². The number of carbonyl (C=O) groups excluding carboxylic acids is 1. The molecule has 0 aliphatic heterocycles. The van der Waals surface area contributed by atoms with E-state index in [1.807, 2.05) is 6.07 Å². The van der Waals surface area contributed by atoms with Gasteiger partial charge < -0.3 is 5.32 Å². The van der Waals surface area contributed by atoms with E-state index in [1.54, 1.807) is 23.8 Å². The molecule has 31 heavy (non-hydrogen) atoms. The standard InChI is InChI=1S/C19H22F3N7OS/c1-11-15(9-25-28(11)5-4-19(20,21)22)18(30)23-8-14-10-29-16(26-14)6-13(7-24-29)17(27-31)12-2-3-12/h6-7,9-10,12,17,27,31H,2-5,8H2,1H3,(H,23,30). The quantitative estimate of drug-likeness (QED) is 0.457. The second-order valence-electron chi connectivity index (χ2n) is 7.68. The van der Waals surface area contributed by atoms with Crippen LogP contribution in [0.1, 0.15) is 52.6 Å². The number of imidazole rings is 1. The highest BCUT2D eigenvalue weighted by molar-refractivity contribution is 7.78. The van der Waals surface area contributed by atoms with E-state index in [-0.39, 0.29) is 24.7 Å². The van der Waals surface area contributed by atoms with Gasteiger partial charge in [0.15, 0.2) is 5.65 Å². The summed E-state index contributed by atoms with van der Waals surface area (Å²) in [7, 11) is 0. The molecule has 3 heterocycles. The Bertz CT molecular complexity index is 1090. The van der Waals surface area contributed by atoms with Gasteiger partial charge in [-0.1, -0.05) is 12.8 Å². The van der Waals surface area contributed by atoms with Crippen LogP contribution in [-0.4, -0.2) is 36.5 Å². The van der Waals surface area contributed by atoms with Crippen LogP contribution < -0.4 is 10.0 Å². The lowest BCUT2D eigenvalue weighted by Gasteiger charge is -2.14. The fourth-order valence-electron chi connectivity index (χ4n) is 3.47. The number of nitrogens with one attached hydrogen (secondary N) is 2. The van der Waals surface area contributed by atoms with E-state index in [2.05, 4.69) is 38.0 Å². The molecule has 1 amide bonds. The Morgan fingerprint density at radius 3 is 2.77 bits per heavy atom. The number of aromatic nitrogens is 5. The molecule has 12 heteroatoms. The summed E-state index contributed by atoms with van der Waals surface area (Å²) in [5.41, 5.74) is 2.90. The van der Waals surface area contributed by atoms with E-state index < -0.39 is 18.5 Å². The molecule has 1 saturated carbocycles. The zero-order valence-electron chi connectivity index (χ0n) is 16.7. The second-order valence-corrected chi connectivity index (χ2v) is 7.94. The SMILES string of the molecule is Cc1c(C(=O)NCc2cn3ncc(C(NS)C4CC4)cc3n2)cnn1CCC(F)(F)F. The Hall–Kier alpha value is -2.60. The highest BCUT2D eigenvalue weighted by atomic mass is 32.1. The minimum absolute atomic E-state index is 0.123. The third-order valence-corrected chi connectivity index (χ3v) is 5.65. The third kappa shape index (κ3) is 5.01. The van der Waals surface area contributed by atoms with Gasteiger partial charge >= 0.3 is 6.18 Å².